The second kappa shape index (κ2) is 2.17. The van der Waals surface area contributed by atoms with E-state index in [1.807, 2.05) is 11.7 Å². The number of nitrogens with one attached hydrogen (secondary N) is 1. The minimum Gasteiger partial charge on any atom is -0.194 e. The Hall–Kier alpha value is -0.860. The molecule has 1 aromatic heterocycles. The molecule has 3 nitrogen and oxygen atoms in total. The molecule has 1 heterocycles. The number of aromatic nitrogens is 3. The molecule has 0 unspecified atom stereocenters. The normalized spacial score (nSPS) is 10.7. The van der Waals surface area contributed by atoms with E-state index in [-0.39, 0.29) is 0 Å². The Morgan fingerprint density at radius 2 is 2.33 bits per heavy atom. The summed E-state index contributed by atoms with van der Waals surface area (Å²) in [5, 5.41) is 2.96. The van der Waals surface area contributed by atoms with Crippen molar-refractivity contribution in [1.29, 1.82) is 0 Å². The zero-order valence-corrected chi connectivity index (χ0v) is 6.05. The molecular weight excluding hydrogens is 114 g/mol. The van der Waals surface area contributed by atoms with Gasteiger partial charge in [-0.05, 0) is 4.98 Å². The monoisotopic (exact) mass is 126 g/mol. The van der Waals surface area contributed by atoms with Gasteiger partial charge in [-0.2, -0.15) is 9.78 Å². The fourth-order valence-corrected chi connectivity index (χ4v) is 0.871. The van der Waals surface area contributed by atoms with Gasteiger partial charge >= 0.3 is 5.82 Å². The molecule has 0 saturated carbocycles. The largest absolute Gasteiger partial charge is 0.321 e. The molecule has 0 spiro atoms. The summed E-state index contributed by atoms with van der Waals surface area (Å²) in [5.74, 6) is 1.59. The molecule has 0 saturated heterocycles. The van der Waals surface area contributed by atoms with Crippen LogP contribution in [0.3, 0.4) is 0 Å². The first-order chi connectivity index (χ1) is 4.22. The number of H-pyrrole nitrogens is 1. The van der Waals surface area contributed by atoms with Gasteiger partial charge in [0.15, 0.2) is 0 Å². The van der Waals surface area contributed by atoms with Crippen molar-refractivity contribution >= 4 is 0 Å². The number of aromatic amines is 1. The van der Waals surface area contributed by atoms with Crippen LogP contribution in [0.15, 0.2) is 6.33 Å². The van der Waals surface area contributed by atoms with Crippen LogP contribution in [0.5, 0.6) is 0 Å². The van der Waals surface area contributed by atoms with Gasteiger partial charge in [-0.1, -0.05) is 13.8 Å². The molecule has 1 rings (SSSR count). The average molecular weight is 126 g/mol. The topological polar surface area (TPSA) is 32.6 Å². The molecule has 0 atom stereocenters. The van der Waals surface area contributed by atoms with Crippen LogP contribution in [0.2, 0.25) is 0 Å². The molecule has 0 aromatic carbocycles. The summed E-state index contributed by atoms with van der Waals surface area (Å²) < 4.78 is 1.92. The van der Waals surface area contributed by atoms with Gasteiger partial charge in [0.1, 0.15) is 7.05 Å². The highest BCUT2D eigenvalue weighted by Gasteiger charge is 2.13. The van der Waals surface area contributed by atoms with Gasteiger partial charge in [0.05, 0.1) is 5.92 Å². The van der Waals surface area contributed by atoms with Crippen molar-refractivity contribution in [1.82, 2.24) is 10.1 Å². The minimum absolute atomic E-state index is 0.501. The highest BCUT2D eigenvalue weighted by Crippen LogP contribution is 2.02. The van der Waals surface area contributed by atoms with Crippen molar-refractivity contribution < 1.29 is 4.68 Å². The van der Waals surface area contributed by atoms with E-state index in [0.29, 0.717) is 5.92 Å². The van der Waals surface area contributed by atoms with E-state index in [4.69, 9.17) is 0 Å². The van der Waals surface area contributed by atoms with E-state index >= 15 is 0 Å². The zero-order chi connectivity index (χ0) is 6.85. The summed E-state index contributed by atoms with van der Waals surface area (Å²) in [6.07, 6.45) is 1.70. The maximum atomic E-state index is 4.12. The summed E-state index contributed by atoms with van der Waals surface area (Å²) >= 11 is 0. The Bertz CT molecular complexity index is 190. The number of nitrogens with zero attached hydrogens (tertiary/aromatic N) is 2. The average Bonchev–Trinajstić information content (AvgIpc) is 2.13. The predicted octanol–water partition coefficient (Wildman–Crippen LogP) is 0.358. The molecule has 1 aromatic rings. The third kappa shape index (κ3) is 1.09. The molecule has 1 N–H and O–H groups in total. The molecule has 3 heteroatoms. The second-order valence-corrected chi connectivity index (χ2v) is 2.46. The predicted molar refractivity (Wildman–Crippen MR) is 33.9 cm³/mol. The molecule has 0 radical (unpaired) electrons. The zero-order valence-electron chi connectivity index (χ0n) is 6.05. The molecule has 50 valence electrons. The molecule has 9 heavy (non-hydrogen) atoms. The second-order valence-electron chi connectivity index (χ2n) is 2.46. The van der Waals surface area contributed by atoms with E-state index < -0.39 is 0 Å². The first-order valence-electron chi connectivity index (χ1n) is 3.11. The van der Waals surface area contributed by atoms with E-state index in [0.717, 1.165) is 5.82 Å². The van der Waals surface area contributed by atoms with Crippen LogP contribution >= 0.6 is 0 Å². The molecule has 0 aliphatic carbocycles. The summed E-state index contributed by atoms with van der Waals surface area (Å²) in [6.45, 7) is 4.24. The third-order valence-electron chi connectivity index (χ3n) is 1.31. The summed E-state index contributed by atoms with van der Waals surface area (Å²) in [4.78, 5) is 4.12. The van der Waals surface area contributed by atoms with Gasteiger partial charge in [-0.3, -0.25) is 0 Å². The Balaban J connectivity index is 2.94. The summed E-state index contributed by atoms with van der Waals surface area (Å²) in [6, 6.07) is 0. The first kappa shape index (κ1) is 6.26. The standard InChI is InChI=1S/C6H11N3/c1-5(2)6-7-4-8-9(6)3/h4-5H,1-3H3/p+1. The fraction of sp³-hybridized carbons (Fsp3) is 0.667. The highest BCUT2D eigenvalue weighted by molar-refractivity contribution is 4.79. The van der Waals surface area contributed by atoms with Crippen molar-refractivity contribution in [3.8, 4) is 0 Å². The molecule has 0 amide bonds. The van der Waals surface area contributed by atoms with E-state index in [2.05, 4.69) is 23.9 Å². The summed E-state index contributed by atoms with van der Waals surface area (Å²) in [7, 11) is 1.96. The minimum atomic E-state index is 0.501. The lowest BCUT2D eigenvalue weighted by Gasteiger charge is -1.91. The quantitative estimate of drug-likeness (QED) is 0.541. The van der Waals surface area contributed by atoms with Crippen molar-refractivity contribution in [2.45, 2.75) is 19.8 Å². The maximum Gasteiger partial charge on any atom is 0.321 e. The van der Waals surface area contributed by atoms with Crippen molar-refractivity contribution in [3.05, 3.63) is 12.2 Å². The highest BCUT2D eigenvalue weighted by atomic mass is 15.3. The van der Waals surface area contributed by atoms with Gasteiger partial charge in [0.2, 0.25) is 6.33 Å². The smallest absolute Gasteiger partial charge is 0.194 e. The van der Waals surface area contributed by atoms with Crippen LogP contribution in [0, 0.1) is 0 Å². The van der Waals surface area contributed by atoms with Crippen LogP contribution in [-0.2, 0) is 7.05 Å². The Kier molecular flexibility index (Phi) is 1.51. The molecule has 0 bridgehead atoms. The lowest BCUT2D eigenvalue weighted by atomic mass is 10.2. The van der Waals surface area contributed by atoms with Gasteiger partial charge in [0.25, 0.3) is 0 Å². The molecule has 0 aliphatic heterocycles. The lowest BCUT2D eigenvalue weighted by Crippen LogP contribution is -2.35. The van der Waals surface area contributed by atoms with Crippen LogP contribution in [0.1, 0.15) is 25.6 Å². The number of aryl methyl sites for hydroxylation is 1. The first-order valence-corrected chi connectivity index (χ1v) is 3.11. The molecular formula is C6H12N3+. The van der Waals surface area contributed by atoms with Crippen molar-refractivity contribution in [3.63, 3.8) is 0 Å². The van der Waals surface area contributed by atoms with E-state index in [1.54, 1.807) is 6.33 Å². The van der Waals surface area contributed by atoms with Gasteiger partial charge < -0.3 is 0 Å². The van der Waals surface area contributed by atoms with Crippen LogP contribution in [0.25, 0.3) is 0 Å². The van der Waals surface area contributed by atoms with Gasteiger partial charge in [0, 0.05) is 0 Å². The Morgan fingerprint density at radius 1 is 1.67 bits per heavy atom. The van der Waals surface area contributed by atoms with E-state index in [1.165, 1.54) is 0 Å². The van der Waals surface area contributed by atoms with Gasteiger partial charge in [-0.25, -0.2) is 0 Å². The summed E-state index contributed by atoms with van der Waals surface area (Å²) in [5.41, 5.74) is 0. The number of rotatable bonds is 1. The number of hydrogen-bond donors (Lipinski definition) is 1. The molecule has 0 fully saturated rings. The SMILES string of the molecule is CC(C)c1nc[nH][n+]1C. The third-order valence-corrected chi connectivity index (χ3v) is 1.31. The Morgan fingerprint density at radius 3 is 2.56 bits per heavy atom. The van der Waals surface area contributed by atoms with Crippen LogP contribution < -0.4 is 4.68 Å². The van der Waals surface area contributed by atoms with Crippen molar-refractivity contribution in [2.24, 2.45) is 7.05 Å². The maximum absolute atomic E-state index is 4.12. The number of hydrogen-bond acceptors (Lipinski definition) is 1. The lowest BCUT2D eigenvalue weighted by molar-refractivity contribution is -0.735. The van der Waals surface area contributed by atoms with E-state index in [9.17, 15) is 0 Å². The van der Waals surface area contributed by atoms with Crippen LogP contribution in [-0.4, -0.2) is 10.1 Å². The van der Waals surface area contributed by atoms with Gasteiger partial charge in [-0.15, -0.1) is 0 Å². The van der Waals surface area contributed by atoms with Crippen molar-refractivity contribution in [2.75, 3.05) is 0 Å². The molecule has 0 aliphatic rings. The van der Waals surface area contributed by atoms with Crippen LogP contribution in [0.4, 0.5) is 0 Å². The fourth-order valence-electron chi connectivity index (χ4n) is 0.871. The Labute approximate surface area is 54.7 Å².